The highest BCUT2D eigenvalue weighted by Gasteiger charge is 2.41. The predicted octanol–water partition coefficient (Wildman–Crippen LogP) is 0.821. The second kappa shape index (κ2) is 3.56. The number of H-pyrrole nitrogens is 1. The minimum Gasteiger partial charge on any atom is -0.481 e. The Bertz CT molecular complexity index is 412. The van der Waals surface area contributed by atoms with Crippen LogP contribution >= 0.6 is 0 Å². The van der Waals surface area contributed by atoms with Gasteiger partial charge in [-0.2, -0.15) is 0 Å². The van der Waals surface area contributed by atoms with Crippen molar-refractivity contribution in [2.24, 2.45) is 5.41 Å². The van der Waals surface area contributed by atoms with Gasteiger partial charge in [-0.25, -0.2) is 4.79 Å². The van der Waals surface area contributed by atoms with E-state index < -0.39 is 11.4 Å². The smallest absolute Gasteiger partial charge is 0.325 e. The molecule has 5 nitrogen and oxygen atoms in total. The summed E-state index contributed by atoms with van der Waals surface area (Å²) in [6.07, 6.45) is 6.34. The second-order valence-electron chi connectivity index (χ2n) is 4.19. The number of imidazole rings is 1. The summed E-state index contributed by atoms with van der Waals surface area (Å²) in [6, 6.07) is 0. The Hall–Kier alpha value is -1.52. The molecule has 2 N–H and O–H groups in total. The Morgan fingerprint density at radius 3 is 2.67 bits per heavy atom. The first kappa shape index (κ1) is 10.0. The number of carboxylic acid groups (broad SMARTS) is 1. The van der Waals surface area contributed by atoms with Crippen molar-refractivity contribution in [3.8, 4) is 0 Å². The van der Waals surface area contributed by atoms with E-state index in [0.717, 1.165) is 12.8 Å². The molecule has 1 heterocycles. The monoisotopic (exact) mass is 210 g/mol. The zero-order valence-electron chi connectivity index (χ0n) is 8.40. The lowest BCUT2D eigenvalue weighted by Gasteiger charge is -2.23. The van der Waals surface area contributed by atoms with E-state index in [0.29, 0.717) is 12.8 Å². The third-order valence-electron chi connectivity index (χ3n) is 3.21. The first-order valence-electron chi connectivity index (χ1n) is 5.11. The fraction of sp³-hybridized carbons (Fsp3) is 0.600. The Kier molecular flexibility index (Phi) is 2.38. The van der Waals surface area contributed by atoms with Crippen LogP contribution in [0.1, 0.15) is 25.7 Å². The molecule has 0 spiro atoms. The number of aromatic amines is 1. The van der Waals surface area contributed by atoms with E-state index in [1.807, 2.05) is 0 Å². The van der Waals surface area contributed by atoms with Crippen LogP contribution in [-0.2, 0) is 11.3 Å². The van der Waals surface area contributed by atoms with Gasteiger partial charge in [-0.1, -0.05) is 12.8 Å². The SMILES string of the molecule is O=C(O)C1(Cn2cc[nH]c2=O)CCCC1. The van der Waals surface area contributed by atoms with Gasteiger partial charge in [-0.3, -0.25) is 9.36 Å². The third kappa shape index (κ3) is 1.69. The van der Waals surface area contributed by atoms with Crippen LogP contribution < -0.4 is 5.69 Å². The number of hydrogen-bond donors (Lipinski definition) is 2. The molecule has 0 aliphatic heterocycles. The van der Waals surface area contributed by atoms with Crippen molar-refractivity contribution in [2.75, 3.05) is 0 Å². The van der Waals surface area contributed by atoms with Crippen LogP contribution in [-0.4, -0.2) is 20.6 Å². The minimum absolute atomic E-state index is 0.234. The average Bonchev–Trinajstić information content (AvgIpc) is 2.78. The number of rotatable bonds is 3. The number of aliphatic carboxylic acids is 1. The van der Waals surface area contributed by atoms with E-state index in [1.54, 1.807) is 6.20 Å². The number of nitrogens with zero attached hydrogens (tertiary/aromatic N) is 1. The Morgan fingerprint density at radius 2 is 2.20 bits per heavy atom. The molecule has 0 atom stereocenters. The lowest BCUT2D eigenvalue weighted by molar-refractivity contribution is -0.149. The molecule has 1 aromatic heterocycles. The van der Waals surface area contributed by atoms with Gasteiger partial charge in [0.1, 0.15) is 0 Å². The van der Waals surface area contributed by atoms with Gasteiger partial charge in [0.2, 0.25) is 0 Å². The number of aromatic nitrogens is 2. The minimum atomic E-state index is -0.784. The number of carboxylic acids is 1. The van der Waals surface area contributed by atoms with Crippen LogP contribution in [0, 0.1) is 5.41 Å². The highest BCUT2D eigenvalue weighted by molar-refractivity contribution is 5.74. The second-order valence-corrected chi connectivity index (χ2v) is 4.19. The highest BCUT2D eigenvalue weighted by atomic mass is 16.4. The van der Waals surface area contributed by atoms with Gasteiger partial charge in [-0.05, 0) is 12.8 Å². The van der Waals surface area contributed by atoms with Crippen LogP contribution in [0.3, 0.4) is 0 Å². The standard InChI is InChI=1S/C10H14N2O3/c13-8(14)10(3-1-2-4-10)7-12-6-5-11-9(12)15/h5-6H,1-4,7H2,(H,11,15)(H,13,14). The van der Waals surface area contributed by atoms with E-state index in [9.17, 15) is 14.7 Å². The summed E-state index contributed by atoms with van der Waals surface area (Å²) in [5, 5.41) is 9.23. The molecule has 2 rings (SSSR count). The summed E-state index contributed by atoms with van der Waals surface area (Å²) in [5.74, 6) is -0.784. The van der Waals surface area contributed by atoms with Crippen molar-refractivity contribution in [1.29, 1.82) is 0 Å². The van der Waals surface area contributed by atoms with E-state index in [-0.39, 0.29) is 12.2 Å². The van der Waals surface area contributed by atoms with Crippen molar-refractivity contribution in [3.63, 3.8) is 0 Å². The molecule has 0 aromatic carbocycles. The molecule has 0 saturated heterocycles. The van der Waals surface area contributed by atoms with Gasteiger partial charge < -0.3 is 10.1 Å². The topological polar surface area (TPSA) is 75.1 Å². The van der Waals surface area contributed by atoms with Crippen LogP contribution in [0.2, 0.25) is 0 Å². The number of carbonyl (C=O) groups is 1. The number of hydrogen-bond acceptors (Lipinski definition) is 2. The third-order valence-corrected chi connectivity index (χ3v) is 3.21. The fourth-order valence-electron chi connectivity index (χ4n) is 2.29. The van der Waals surface area contributed by atoms with Crippen molar-refractivity contribution < 1.29 is 9.90 Å². The fourth-order valence-corrected chi connectivity index (χ4v) is 2.29. The lowest BCUT2D eigenvalue weighted by Crippen LogP contribution is -2.35. The van der Waals surface area contributed by atoms with Gasteiger partial charge in [0.25, 0.3) is 0 Å². The molecule has 0 bridgehead atoms. The lowest BCUT2D eigenvalue weighted by atomic mass is 9.86. The highest BCUT2D eigenvalue weighted by Crippen LogP contribution is 2.39. The van der Waals surface area contributed by atoms with Gasteiger partial charge in [0, 0.05) is 18.9 Å². The molecule has 82 valence electrons. The van der Waals surface area contributed by atoms with Gasteiger partial charge >= 0.3 is 11.7 Å². The van der Waals surface area contributed by atoms with Gasteiger partial charge in [0.15, 0.2) is 0 Å². The predicted molar refractivity (Wildman–Crippen MR) is 53.6 cm³/mol. The zero-order valence-corrected chi connectivity index (χ0v) is 8.40. The molecule has 0 radical (unpaired) electrons. The molecule has 1 aliphatic carbocycles. The molecule has 0 amide bonds. The number of nitrogens with one attached hydrogen (secondary N) is 1. The van der Waals surface area contributed by atoms with Crippen molar-refractivity contribution in [1.82, 2.24) is 9.55 Å². The maximum absolute atomic E-state index is 11.3. The van der Waals surface area contributed by atoms with Crippen LogP contribution in [0.5, 0.6) is 0 Å². The molecule has 15 heavy (non-hydrogen) atoms. The molecule has 0 unspecified atom stereocenters. The quantitative estimate of drug-likeness (QED) is 0.775. The van der Waals surface area contributed by atoms with E-state index >= 15 is 0 Å². The van der Waals surface area contributed by atoms with Crippen molar-refractivity contribution >= 4 is 5.97 Å². The zero-order chi connectivity index (χ0) is 10.9. The van der Waals surface area contributed by atoms with Crippen LogP contribution in [0.15, 0.2) is 17.2 Å². The summed E-state index contributed by atoms with van der Waals surface area (Å²) in [4.78, 5) is 25.0. The molecule has 1 aliphatic rings. The Balaban J connectivity index is 2.25. The molecule has 1 aromatic rings. The van der Waals surface area contributed by atoms with Crippen molar-refractivity contribution in [3.05, 3.63) is 22.9 Å². The normalized spacial score (nSPS) is 19.2. The summed E-state index contributed by atoms with van der Waals surface area (Å²) >= 11 is 0. The summed E-state index contributed by atoms with van der Waals surface area (Å²) in [6.45, 7) is 0.282. The molecular formula is C10H14N2O3. The summed E-state index contributed by atoms with van der Waals surface area (Å²) in [5.41, 5.74) is -0.964. The Morgan fingerprint density at radius 1 is 1.53 bits per heavy atom. The first-order chi connectivity index (χ1) is 7.14. The van der Waals surface area contributed by atoms with Crippen LogP contribution in [0.4, 0.5) is 0 Å². The van der Waals surface area contributed by atoms with Gasteiger partial charge in [-0.15, -0.1) is 0 Å². The molecule has 5 heteroatoms. The van der Waals surface area contributed by atoms with Crippen molar-refractivity contribution in [2.45, 2.75) is 32.2 Å². The summed E-state index contributed by atoms with van der Waals surface area (Å²) in [7, 11) is 0. The average molecular weight is 210 g/mol. The first-order valence-corrected chi connectivity index (χ1v) is 5.11. The maximum Gasteiger partial charge on any atom is 0.325 e. The van der Waals surface area contributed by atoms with Gasteiger partial charge in [0.05, 0.1) is 5.41 Å². The maximum atomic E-state index is 11.3. The van der Waals surface area contributed by atoms with Crippen LogP contribution in [0.25, 0.3) is 0 Å². The molecule has 1 saturated carbocycles. The molecule has 1 fully saturated rings. The summed E-state index contributed by atoms with van der Waals surface area (Å²) < 4.78 is 1.44. The van der Waals surface area contributed by atoms with E-state index in [2.05, 4.69) is 4.98 Å². The Labute approximate surface area is 86.7 Å². The largest absolute Gasteiger partial charge is 0.481 e. The van der Waals surface area contributed by atoms with E-state index in [1.165, 1.54) is 10.8 Å². The molecular weight excluding hydrogens is 196 g/mol. The van der Waals surface area contributed by atoms with E-state index in [4.69, 9.17) is 0 Å².